The number of anilines is 2. The molecule has 0 atom stereocenters. The highest BCUT2D eigenvalue weighted by Crippen LogP contribution is 2.46. The van der Waals surface area contributed by atoms with Gasteiger partial charge in [0.05, 0.1) is 43.0 Å². The first kappa shape index (κ1) is 24.3. The summed E-state index contributed by atoms with van der Waals surface area (Å²) in [5, 5.41) is 7.35. The van der Waals surface area contributed by atoms with E-state index in [2.05, 4.69) is 44.8 Å². The first-order valence-electron chi connectivity index (χ1n) is 13.3. The summed E-state index contributed by atoms with van der Waals surface area (Å²) < 4.78 is 11.4. The lowest BCUT2D eigenvalue weighted by Crippen LogP contribution is -2.35. The largest absolute Gasteiger partial charge is 0.496 e. The summed E-state index contributed by atoms with van der Waals surface area (Å²) in [5.41, 5.74) is 7.48. The van der Waals surface area contributed by atoms with Crippen molar-refractivity contribution >= 4 is 33.9 Å². The highest BCUT2D eigenvalue weighted by Gasteiger charge is 2.29. The van der Waals surface area contributed by atoms with Crippen molar-refractivity contribution in [3.05, 3.63) is 83.0 Å². The molecule has 1 saturated heterocycles. The van der Waals surface area contributed by atoms with Gasteiger partial charge in [-0.1, -0.05) is 24.3 Å². The molecule has 1 saturated carbocycles. The monoisotopic (exact) mass is 511 g/mol. The van der Waals surface area contributed by atoms with Crippen LogP contribution in [0.15, 0.2) is 66.2 Å². The highest BCUT2D eigenvalue weighted by atomic mass is 16.5. The number of hydrogen-bond donors (Lipinski definition) is 3. The Bertz CT molecular complexity index is 1460. The zero-order chi connectivity index (χ0) is 26.1. The molecule has 2 aromatic heterocycles. The van der Waals surface area contributed by atoms with E-state index in [1.165, 1.54) is 5.56 Å². The Hall–Kier alpha value is -4.04. The molecule has 0 spiro atoms. The lowest BCUT2D eigenvalue weighted by atomic mass is 10.1. The molecule has 2 fully saturated rings. The van der Waals surface area contributed by atoms with Crippen molar-refractivity contribution in [2.24, 2.45) is 0 Å². The molecular weight excluding hydrogens is 478 g/mol. The van der Waals surface area contributed by atoms with E-state index < -0.39 is 0 Å². The number of ether oxygens (including phenoxy) is 2. The molecule has 0 bridgehead atoms. The number of hydrogen-bond acceptors (Lipinski definition) is 6. The number of carbonyl (C=O) groups excluding carboxylic acids is 1. The minimum Gasteiger partial charge on any atom is -0.496 e. The zero-order valence-electron chi connectivity index (χ0n) is 21.8. The van der Waals surface area contributed by atoms with Gasteiger partial charge in [0.2, 0.25) is 0 Å². The molecule has 8 heteroatoms. The van der Waals surface area contributed by atoms with Crippen LogP contribution in [0.1, 0.15) is 46.8 Å². The predicted octanol–water partition coefficient (Wildman–Crippen LogP) is 5.08. The number of H-pyrrole nitrogens is 1. The molecule has 1 aromatic carbocycles. The molecule has 0 unspecified atom stereocenters. The van der Waals surface area contributed by atoms with Crippen LogP contribution in [-0.2, 0) is 9.47 Å². The van der Waals surface area contributed by atoms with Crippen LogP contribution in [0, 0.1) is 0 Å². The van der Waals surface area contributed by atoms with Gasteiger partial charge in [-0.05, 0) is 48.9 Å². The number of benzene rings is 1. The van der Waals surface area contributed by atoms with Gasteiger partial charge in [0, 0.05) is 49.1 Å². The van der Waals surface area contributed by atoms with Crippen LogP contribution < -0.4 is 10.6 Å². The molecule has 3 heterocycles. The van der Waals surface area contributed by atoms with Crippen LogP contribution in [0.4, 0.5) is 11.4 Å². The number of methoxy groups -OCH3 is 1. The van der Waals surface area contributed by atoms with Gasteiger partial charge in [-0.25, -0.2) is 4.98 Å². The maximum Gasteiger partial charge on any atom is 0.253 e. The molecule has 3 N–H and O–H groups in total. The zero-order valence-corrected chi connectivity index (χ0v) is 21.8. The normalized spacial score (nSPS) is 17.8. The number of aromatic amines is 1. The summed E-state index contributed by atoms with van der Waals surface area (Å²) in [7, 11) is 3.37. The average Bonchev–Trinajstić information content (AvgIpc) is 3.75. The molecule has 38 heavy (non-hydrogen) atoms. The van der Waals surface area contributed by atoms with Crippen molar-refractivity contribution in [1.82, 2.24) is 20.2 Å². The van der Waals surface area contributed by atoms with Crippen LogP contribution >= 0.6 is 0 Å². The number of allylic oxidation sites excluding steroid dienone is 4. The van der Waals surface area contributed by atoms with Crippen molar-refractivity contribution in [2.75, 3.05) is 45.8 Å². The van der Waals surface area contributed by atoms with Gasteiger partial charge in [-0.2, -0.15) is 0 Å². The Labute approximate surface area is 222 Å². The maximum absolute atomic E-state index is 12.6. The fourth-order valence-electron chi connectivity index (χ4n) is 5.26. The average molecular weight is 512 g/mol. The van der Waals surface area contributed by atoms with Gasteiger partial charge in [-0.15, -0.1) is 0 Å². The van der Waals surface area contributed by atoms with E-state index in [0.717, 1.165) is 90.7 Å². The van der Waals surface area contributed by atoms with Crippen LogP contribution in [0.2, 0.25) is 0 Å². The smallest absolute Gasteiger partial charge is 0.253 e. The summed E-state index contributed by atoms with van der Waals surface area (Å²) in [4.78, 5) is 23.2. The fourth-order valence-corrected chi connectivity index (χ4v) is 5.26. The molecule has 8 nitrogen and oxygen atoms in total. The second-order valence-electron chi connectivity index (χ2n) is 9.85. The Balaban J connectivity index is 1.39. The van der Waals surface area contributed by atoms with Crippen LogP contribution in [0.5, 0.6) is 0 Å². The third-order valence-corrected chi connectivity index (χ3v) is 7.44. The number of nitrogens with one attached hydrogen (secondary N) is 3. The molecule has 1 amide bonds. The summed E-state index contributed by atoms with van der Waals surface area (Å²) in [6.07, 6.45) is 11.6. The number of carbonyl (C=O) groups is 1. The molecule has 1 aliphatic heterocycles. The standard InChI is InChI=1S/C30H33N5O3/c1-31-30(36)22-7-3-4-9-25(22)33-28-23-17-26(34-29(23)32-18-24(28)19-10-11-19)21-8-5-6-20(16-27(21)37-2)35-12-14-38-15-13-35/h3-4,6-9,16-19H,5,10-15H2,1-2H3,(H,31,36)(H2,32,33,34). The number of morpholine rings is 1. The molecule has 3 aromatic rings. The number of fused-ring (bicyclic) bond motifs is 1. The minimum absolute atomic E-state index is 0.122. The van der Waals surface area contributed by atoms with Gasteiger partial charge in [-0.3, -0.25) is 4.79 Å². The predicted molar refractivity (Wildman–Crippen MR) is 149 cm³/mol. The molecule has 196 valence electrons. The Morgan fingerprint density at radius 1 is 1.18 bits per heavy atom. The van der Waals surface area contributed by atoms with E-state index in [-0.39, 0.29) is 5.91 Å². The number of aromatic nitrogens is 2. The first-order chi connectivity index (χ1) is 18.7. The molecular formula is C30H33N5O3. The summed E-state index contributed by atoms with van der Waals surface area (Å²) in [5.74, 6) is 1.17. The van der Waals surface area contributed by atoms with Gasteiger partial charge in [0.25, 0.3) is 5.91 Å². The number of amides is 1. The van der Waals surface area contributed by atoms with E-state index in [0.29, 0.717) is 11.5 Å². The van der Waals surface area contributed by atoms with E-state index in [4.69, 9.17) is 14.5 Å². The van der Waals surface area contributed by atoms with E-state index in [9.17, 15) is 4.79 Å². The molecule has 3 aliphatic rings. The second-order valence-corrected chi connectivity index (χ2v) is 9.85. The van der Waals surface area contributed by atoms with Crippen molar-refractivity contribution in [1.29, 1.82) is 0 Å². The van der Waals surface area contributed by atoms with Gasteiger partial charge < -0.3 is 30.0 Å². The highest BCUT2D eigenvalue weighted by molar-refractivity contribution is 6.03. The fraction of sp³-hybridized carbons (Fsp3) is 0.333. The van der Waals surface area contributed by atoms with Crippen LogP contribution in [-0.4, -0.2) is 61.2 Å². The Kier molecular flexibility index (Phi) is 6.64. The van der Waals surface area contributed by atoms with Gasteiger partial charge in [0.1, 0.15) is 11.4 Å². The summed E-state index contributed by atoms with van der Waals surface area (Å²) in [6.45, 7) is 3.23. The van der Waals surface area contributed by atoms with Crippen molar-refractivity contribution in [3.63, 3.8) is 0 Å². The SMILES string of the molecule is CNC(=O)c1ccccc1Nc1c(C2CC2)cnc2[nH]c(C3=CCC=C(N4CCOCC4)C=C3OC)cc12. The van der Waals surface area contributed by atoms with E-state index >= 15 is 0 Å². The number of pyridine rings is 1. The number of para-hydroxylation sites is 1. The van der Waals surface area contributed by atoms with Gasteiger partial charge in [0.15, 0.2) is 0 Å². The Morgan fingerprint density at radius 2 is 2.00 bits per heavy atom. The van der Waals surface area contributed by atoms with Crippen molar-refractivity contribution < 1.29 is 14.3 Å². The molecule has 6 rings (SSSR count). The number of rotatable bonds is 7. The van der Waals surface area contributed by atoms with Crippen molar-refractivity contribution in [3.8, 4) is 0 Å². The van der Waals surface area contributed by atoms with E-state index in [1.54, 1.807) is 14.2 Å². The quantitative estimate of drug-likeness (QED) is 0.410. The third-order valence-electron chi connectivity index (χ3n) is 7.44. The minimum atomic E-state index is -0.122. The summed E-state index contributed by atoms with van der Waals surface area (Å²) >= 11 is 0. The van der Waals surface area contributed by atoms with Gasteiger partial charge >= 0.3 is 0 Å². The topological polar surface area (TPSA) is 91.5 Å². The van der Waals surface area contributed by atoms with Crippen LogP contribution in [0.3, 0.4) is 0 Å². The number of nitrogens with zero attached hydrogens (tertiary/aromatic N) is 2. The lowest BCUT2D eigenvalue weighted by Gasteiger charge is -2.29. The second kappa shape index (κ2) is 10.4. The Morgan fingerprint density at radius 3 is 2.76 bits per heavy atom. The van der Waals surface area contributed by atoms with E-state index in [1.807, 2.05) is 30.5 Å². The van der Waals surface area contributed by atoms with Crippen LogP contribution in [0.25, 0.3) is 16.6 Å². The third kappa shape index (κ3) is 4.67. The van der Waals surface area contributed by atoms with Crippen molar-refractivity contribution in [2.45, 2.75) is 25.2 Å². The maximum atomic E-state index is 12.6. The molecule has 2 aliphatic carbocycles. The molecule has 0 radical (unpaired) electrons. The lowest BCUT2D eigenvalue weighted by molar-refractivity contribution is 0.0551. The summed E-state index contributed by atoms with van der Waals surface area (Å²) in [6, 6.07) is 9.75. The first-order valence-corrected chi connectivity index (χ1v) is 13.3.